The Morgan fingerprint density at radius 3 is 2.70 bits per heavy atom. The van der Waals surface area contributed by atoms with Crippen LogP contribution in [0.3, 0.4) is 0 Å². The van der Waals surface area contributed by atoms with Crippen molar-refractivity contribution in [1.29, 1.82) is 0 Å². The lowest BCUT2D eigenvalue weighted by Crippen LogP contribution is -2.01. The lowest BCUT2D eigenvalue weighted by molar-refractivity contribution is -0.384. The molecule has 0 aliphatic heterocycles. The normalized spacial score (nSPS) is 10.3. The second-order valence-corrected chi connectivity index (χ2v) is 5.63. The van der Waals surface area contributed by atoms with Crippen LogP contribution in [0, 0.1) is 17.0 Å². The van der Waals surface area contributed by atoms with Crippen molar-refractivity contribution in [2.24, 2.45) is 0 Å². The van der Waals surface area contributed by atoms with Gasteiger partial charge in [-0.1, -0.05) is 39.7 Å². The monoisotopic (exact) mass is 354 g/mol. The zero-order valence-corrected chi connectivity index (χ0v) is 13.0. The first-order valence-electron chi connectivity index (χ1n) is 5.90. The van der Waals surface area contributed by atoms with E-state index in [9.17, 15) is 10.1 Å². The van der Waals surface area contributed by atoms with Crippen LogP contribution in [0.15, 0.2) is 40.9 Å². The van der Waals surface area contributed by atoms with Crippen LogP contribution in [0.25, 0.3) is 0 Å². The number of halogens is 2. The number of aryl methyl sites for hydroxylation is 1. The van der Waals surface area contributed by atoms with Crippen LogP contribution in [0.5, 0.6) is 0 Å². The fourth-order valence-corrected chi connectivity index (χ4v) is 2.57. The first-order chi connectivity index (χ1) is 9.47. The Hall–Kier alpha value is -1.59. The summed E-state index contributed by atoms with van der Waals surface area (Å²) in [6.45, 7) is 2.54. The highest BCUT2D eigenvalue weighted by Crippen LogP contribution is 2.28. The Balaban J connectivity index is 2.18. The lowest BCUT2D eigenvalue weighted by Gasteiger charge is -2.10. The summed E-state index contributed by atoms with van der Waals surface area (Å²) >= 11 is 9.53. The molecule has 20 heavy (non-hydrogen) atoms. The smallest absolute Gasteiger partial charge is 0.271 e. The van der Waals surface area contributed by atoms with E-state index in [4.69, 9.17) is 11.6 Å². The molecule has 4 nitrogen and oxygen atoms in total. The molecule has 0 saturated carbocycles. The topological polar surface area (TPSA) is 55.2 Å². The van der Waals surface area contributed by atoms with Crippen LogP contribution in [-0.4, -0.2) is 4.92 Å². The van der Waals surface area contributed by atoms with Crippen LogP contribution in [-0.2, 0) is 6.54 Å². The SMILES string of the molecule is Cc1ccc(CNc2cc([N+](=O)[O-])ccc2Cl)c(Br)c1. The quantitative estimate of drug-likeness (QED) is 0.625. The number of nitrogens with zero attached hydrogens (tertiary/aromatic N) is 1. The summed E-state index contributed by atoms with van der Waals surface area (Å²) in [6, 6.07) is 10.4. The van der Waals surface area contributed by atoms with Gasteiger partial charge in [-0.3, -0.25) is 10.1 Å². The number of nitrogens with one attached hydrogen (secondary N) is 1. The molecule has 0 fully saturated rings. The molecule has 1 N–H and O–H groups in total. The number of anilines is 1. The van der Waals surface area contributed by atoms with Crippen LogP contribution in [0.2, 0.25) is 5.02 Å². The number of nitro groups is 1. The standard InChI is InChI=1S/C14H12BrClN2O2/c1-9-2-3-10(12(15)6-9)8-17-14-7-11(18(19)20)4-5-13(14)16/h2-7,17H,8H2,1H3. The molecule has 0 aromatic heterocycles. The minimum Gasteiger partial charge on any atom is -0.380 e. The molecule has 2 rings (SSSR count). The summed E-state index contributed by atoms with van der Waals surface area (Å²) in [5, 5.41) is 14.3. The molecule has 0 radical (unpaired) electrons. The van der Waals surface area contributed by atoms with Crippen molar-refractivity contribution in [2.45, 2.75) is 13.5 Å². The molecule has 0 spiro atoms. The van der Waals surface area contributed by atoms with Gasteiger partial charge in [0.2, 0.25) is 0 Å². The molecule has 0 saturated heterocycles. The predicted molar refractivity (Wildman–Crippen MR) is 84.3 cm³/mol. The van der Waals surface area contributed by atoms with Gasteiger partial charge in [0.1, 0.15) is 0 Å². The van der Waals surface area contributed by atoms with Crippen LogP contribution < -0.4 is 5.32 Å². The molecule has 0 unspecified atom stereocenters. The molecule has 2 aromatic rings. The molecule has 0 atom stereocenters. The average Bonchev–Trinajstić information content (AvgIpc) is 2.39. The van der Waals surface area contributed by atoms with E-state index >= 15 is 0 Å². The van der Waals surface area contributed by atoms with Gasteiger partial charge in [-0.25, -0.2) is 0 Å². The Kier molecular flexibility index (Phi) is 4.62. The zero-order valence-electron chi connectivity index (χ0n) is 10.7. The summed E-state index contributed by atoms with van der Waals surface area (Å²) in [4.78, 5) is 10.3. The predicted octanol–water partition coefficient (Wildman–Crippen LogP) is 4.93. The van der Waals surface area contributed by atoms with Crippen molar-refractivity contribution >= 4 is 38.9 Å². The number of benzene rings is 2. The highest BCUT2D eigenvalue weighted by atomic mass is 79.9. The number of hydrogen-bond acceptors (Lipinski definition) is 3. The van der Waals surface area contributed by atoms with Gasteiger partial charge in [0.15, 0.2) is 0 Å². The van der Waals surface area contributed by atoms with E-state index in [-0.39, 0.29) is 5.69 Å². The van der Waals surface area contributed by atoms with Gasteiger partial charge in [-0.15, -0.1) is 0 Å². The number of non-ortho nitro benzene ring substituents is 1. The van der Waals surface area contributed by atoms with Crippen molar-refractivity contribution in [3.8, 4) is 0 Å². The van der Waals surface area contributed by atoms with Gasteiger partial charge in [0.25, 0.3) is 5.69 Å². The molecule has 0 aliphatic rings. The third-order valence-electron chi connectivity index (χ3n) is 2.84. The average molecular weight is 356 g/mol. The van der Waals surface area contributed by atoms with E-state index < -0.39 is 4.92 Å². The highest BCUT2D eigenvalue weighted by molar-refractivity contribution is 9.10. The van der Waals surface area contributed by atoms with Crippen LogP contribution in [0.4, 0.5) is 11.4 Å². The molecular weight excluding hydrogens is 344 g/mol. The first-order valence-corrected chi connectivity index (χ1v) is 7.07. The van der Waals surface area contributed by atoms with Crippen molar-refractivity contribution in [3.63, 3.8) is 0 Å². The maximum atomic E-state index is 10.8. The second kappa shape index (κ2) is 6.24. The number of hydrogen-bond donors (Lipinski definition) is 1. The lowest BCUT2D eigenvalue weighted by atomic mass is 10.1. The molecule has 104 valence electrons. The van der Waals surface area contributed by atoms with Crippen molar-refractivity contribution in [2.75, 3.05) is 5.32 Å². The van der Waals surface area contributed by atoms with E-state index in [1.165, 1.54) is 18.2 Å². The maximum Gasteiger partial charge on any atom is 0.271 e. The van der Waals surface area contributed by atoms with Gasteiger partial charge in [-0.2, -0.15) is 0 Å². The van der Waals surface area contributed by atoms with Gasteiger partial charge >= 0.3 is 0 Å². The van der Waals surface area contributed by atoms with Crippen molar-refractivity contribution in [3.05, 3.63) is 67.1 Å². The van der Waals surface area contributed by atoms with E-state index in [2.05, 4.69) is 21.2 Å². The Bertz CT molecular complexity index is 662. The van der Waals surface area contributed by atoms with E-state index in [1.807, 2.05) is 25.1 Å². The molecule has 0 heterocycles. The summed E-state index contributed by atoms with van der Waals surface area (Å²) < 4.78 is 0.992. The van der Waals surface area contributed by atoms with Gasteiger partial charge in [-0.05, 0) is 30.2 Å². The molecular formula is C14H12BrClN2O2. The minimum absolute atomic E-state index is 0.0138. The number of rotatable bonds is 4. The van der Waals surface area contributed by atoms with Crippen molar-refractivity contribution in [1.82, 2.24) is 0 Å². The van der Waals surface area contributed by atoms with Crippen LogP contribution >= 0.6 is 27.5 Å². The molecule has 2 aromatic carbocycles. The maximum absolute atomic E-state index is 10.8. The Labute approximate surface area is 130 Å². The summed E-state index contributed by atoms with van der Waals surface area (Å²) in [5.41, 5.74) is 2.78. The zero-order chi connectivity index (χ0) is 14.7. The van der Waals surface area contributed by atoms with E-state index in [1.54, 1.807) is 0 Å². The number of nitro benzene ring substituents is 1. The van der Waals surface area contributed by atoms with Gasteiger partial charge in [0, 0.05) is 23.2 Å². The highest BCUT2D eigenvalue weighted by Gasteiger charge is 2.10. The first kappa shape index (κ1) is 14.8. The fraction of sp³-hybridized carbons (Fsp3) is 0.143. The molecule has 0 aliphatic carbocycles. The van der Waals surface area contributed by atoms with E-state index in [0.29, 0.717) is 17.3 Å². The second-order valence-electron chi connectivity index (χ2n) is 4.37. The summed E-state index contributed by atoms with van der Waals surface area (Å²) in [5.74, 6) is 0. The third-order valence-corrected chi connectivity index (χ3v) is 3.91. The van der Waals surface area contributed by atoms with Gasteiger partial charge in [0.05, 0.1) is 15.6 Å². The summed E-state index contributed by atoms with van der Waals surface area (Å²) in [7, 11) is 0. The Morgan fingerprint density at radius 2 is 2.05 bits per heavy atom. The third kappa shape index (κ3) is 3.49. The minimum atomic E-state index is -0.441. The molecule has 0 amide bonds. The fourth-order valence-electron chi connectivity index (χ4n) is 1.75. The summed E-state index contributed by atoms with van der Waals surface area (Å²) in [6.07, 6.45) is 0. The van der Waals surface area contributed by atoms with E-state index in [0.717, 1.165) is 15.6 Å². The Morgan fingerprint density at radius 1 is 1.30 bits per heavy atom. The van der Waals surface area contributed by atoms with Crippen molar-refractivity contribution < 1.29 is 4.92 Å². The molecule has 0 bridgehead atoms. The van der Waals surface area contributed by atoms with Crippen LogP contribution in [0.1, 0.15) is 11.1 Å². The van der Waals surface area contributed by atoms with Gasteiger partial charge < -0.3 is 5.32 Å². The largest absolute Gasteiger partial charge is 0.380 e. The molecule has 6 heteroatoms.